The Balaban J connectivity index is 1.85. The van der Waals surface area contributed by atoms with Gasteiger partial charge in [0.2, 0.25) is 5.13 Å². The number of hydrogen-bond acceptors (Lipinski definition) is 8. The zero-order valence-corrected chi connectivity index (χ0v) is 15.4. The van der Waals surface area contributed by atoms with Crippen molar-refractivity contribution in [3.63, 3.8) is 0 Å². The summed E-state index contributed by atoms with van der Waals surface area (Å²) in [5.74, 6) is 0.415. The number of rotatable bonds is 6. The third kappa shape index (κ3) is 4.58. The van der Waals surface area contributed by atoms with Gasteiger partial charge in [-0.1, -0.05) is 29.5 Å². The van der Waals surface area contributed by atoms with Crippen LogP contribution in [0, 0.1) is 17.0 Å². The number of benzene rings is 2. The van der Waals surface area contributed by atoms with Gasteiger partial charge in [0.25, 0.3) is 5.69 Å². The minimum atomic E-state index is -0.424. The molecular formula is C17H15N5O2S2. The van der Waals surface area contributed by atoms with Gasteiger partial charge in [-0.2, -0.15) is 5.10 Å². The van der Waals surface area contributed by atoms with Crippen molar-refractivity contribution in [1.29, 1.82) is 0 Å². The van der Waals surface area contributed by atoms with Crippen LogP contribution in [0.4, 0.5) is 16.6 Å². The summed E-state index contributed by atoms with van der Waals surface area (Å²) in [6.07, 6.45) is 1.54. The number of nitro groups is 1. The Kier molecular flexibility index (Phi) is 5.49. The summed E-state index contributed by atoms with van der Waals surface area (Å²) in [5, 5.41) is 17.4. The molecular weight excluding hydrogens is 370 g/mol. The lowest BCUT2D eigenvalue weighted by atomic mass is 10.2. The number of hydrazone groups is 1. The number of non-ortho nitro benzene ring substituents is 1. The van der Waals surface area contributed by atoms with E-state index in [-0.39, 0.29) is 5.69 Å². The second kappa shape index (κ2) is 7.98. The van der Waals surface area contributed by atoms with Crippen molar-refractivity contribution >= 4 is 46.0 Å². The highest BCUT2D eigenvalue weighted by Gasteiger charge is 2.11. The molecule has 0 atom stereocenters. The third-order valence-electron chi connectivity index (χ3n) is 3.34. The van der Waals surface area contributed by atoms with Crippen molar-refractivity contribution in [1.82, 2.24) is 4.98 Å². The normalized spacial score (nSPS) is 11.0. The lowest BCUT2D eigenvalue weighted by Crippen LogP contribution is -1.95. The molecule has 0 aliphatic heterocycles. The molecule has 7 nitrogen and oxygen atoms in total. The molecule has 1 aromatic heterocycles. The minimum absolute atomic E-state index is 0.0122. The van der Waals surface area contributed by atoms with E-state index >= 15 is 0 Å². The molecule has 0 aliphatic carbocycles. The van der Waals surface area contributed by atoms with Crippen LogP contribution in [0.15, 0.2) is 62.7 Å². The standard InChI is InChI=1S/C17H15N5O2S2/c1-11-2-5-14(6-3-11)26-15-7-4-13(22(23)24)8-12(15)9-19-21-17-20-16(18)10-25-17/h2-10H,18H2,1H3,(H,20,21). The molecule has 0 aliphatic rings. The van der Waals surface area contributed by atoms with Crippen LogP contribution in [-0.2, 0) is 0 Å². The predicted molar refractivity (Wildman–Crippen MR) is 106 cm³/mol. The number of nitrogens with zero attached hydrogens (tertiary/aromatic N) is 3. The summed E-state index contributed by atoms with van der Waals surface area (Å²) in [6.45, 7) is 2.02. The molecule has 1 heterocycles. The number of nitrogen functional groups attached to an aromatic ring is 1. The molecule has 132 valence electrons. The SMILES string of the molecule is Cc1ccc(Sc2ccc([N+](=O)[O-])cc2C=NNc2nc(N)cs2)cc1. The average Bonchev–Trinajstić information content (AvgIpc) is 3.03. The fraction of sp³-hybridized carbons (Fsp3) is 0.0588. The predicted octanol–water partition coefficient (Wildman–Crippen LogP) is 4.54. The number of thiazole rings is 1. The molecule has 0 saturated heterocycles. The van der Waals surface area contributed by atoms with E-state index in [9.17, 15) is 10.1 Å². The van der Waals surface area contributed by atoms with Gasteiger partial charge in [-0.25, -0.2) is 4.98 Å². The van der Waals surface area contributed by atoms with Gasteiger partial charge in [0.05, 0.1) is 11.1 Å². The number of nitrogens with one attached hydrogen (secondary N) is 1. The Morgan fingerprint density at radius 2 is 2.08 bits per heavy atom. The summed E-state index contributed by atoms with van der Waals surface area (Å²) < 4.78 is 0. The third-order valence-corrected chi connectivity index (χ3v) is 5.20. The Morgan fingerprint density at radius 3 is 2.73 bits per heavy atom. The summed E-state index contributed by atoms with van der Waals surface area (Å²) in [4.78, 5) is 16.6. The first-order valence-electron chi connectivity index (χ1n) is 7.54. The van der Waals surface area contributed by atoms with Crippen LogP contribution in [0.1, 0.15) is 11.1 Å². The van der Waals surface area contributed by atoms with Crippen LogP contribution >= 0.6 is 23.1 Å². The zero-order chi connectivity index (χ0) is 18.5. The van der Waals surface area contributed by atoms with Gasteiger partial charge in [0.1, 0.15) is 5.82 Å². The fourth-order valence-electron chi connectivity index (χ4n) is 2.07. The fourth-order valence-corrected chi connectivity index (χ4v) is 3.51. The molecule has 0 spiro atoms. The summed E-state index contributed by atoms with van der Waals surface area (Å²) in [5.41, 5.74) is 10.2. The number of hydrogen-bond donors (Lipinski definition) is 2. The van der Waals surface area contributed by atoms with E-state index < -0.39 is 4.92 Å². The molecule has 3 rings (SSSR count). The van der Waals surface area contributed by atoms with Crippen LogP contribution in [-0.4, -0.2) is 16.1 Å². The second-order valence-electron chi connectivity index (χ2n) is 5.34. The first-order chi connectivity index (χ1) is 12.5. The maximum Gasteiger partial charge on any atom is 0.270 e. The lowest BCUT2D eigenvalue weighted by molar-refractivity contribution is -0.384. The summed E-state index contributed by atoms with van der Waals surface area (Å²) >= 11 is 2.85. The van der Waals surface area contributed by atoms with E-state index in [0.29, 0.717) is 16.5 Å². The van der Waals surface area contributed by atoms with E-state index in [2.05, 4.69) is 15.5 Å². The highest BCUT2D eigenvalue weighted by atomic mass is 32.2. The molecule has 0 fully saturated rings. The van der Waals surface area contributed by atoms with E-state index in [4.69, 9.17) is 5.73 Å². The van der Waals surface area contributed by atoms with Gasteiger partial charge in [0, 0.05) is 32.9 Å². The first kappa shape index (κ1) is 17.9. The van der Waals surface area contributed by atoms with Crippen molar-refractivity contribution in [2.24, 2.45) is 5.10 Å². The van der Waals surface area contributed by atoms with Crippen molar-refractivity contribution in [3.05, 3.63) is 69.1 Å². The Morgan fingerprint density at radius 1 is 1.31 bits per heavy atom. The van der Waals surface area contributed by atoms with E-state index in [1.54, 1.807) is 17.7 Å². The molecule has 0 saturated carbocycles. The van der Waals surface area contributed by atoms with Gasteiger partial charge in [0.15, 0.2) is 0 Å². The van der Waals surface area contributed by atoms with Crippen LogP contribution in [0.3, 0.4) is 0 Å². The number of anilines is 2. The molecule has 3 aromatic rings. The number of nitro benzene ring substituents is 1. The average molecular weight is 385 g/mol. The molecule has 9 heteroatoms. The van der Waals surface area contributed by atoms with Crippen LogP contribution in [0.25, 0.3) is 0 Å². The number of aryl methyl sites for hydroxylation is 1. The summed E-state index contributed by atoms with van der Waals surface area (Å²) in [6, 6.07) is 12.8. The Labute approximate surface area is 158 Å². The molecule has 0 bridgehead atoms. The van der Waals surface area contributed by atoms with E-state index in [0.717, 1.165) is 9.79 Å². The topological polar surface area (TPSA) is 106 Å². The van der Waals surface area contributed by atoms with Crippen LogP contribution < -0.4 is 11.2 Å². The number of aromatic nitrogens is 1. The molecule has 26 heavy (non-hydrogen) atoms. The minimum Gasteiger partial charge on any atom is -0.383 e. The Bertz CT molecular complexity index is 954. The van der Waals surface area contributed by atoms with Crippen molar-refractivity contribution in [2.75, 3.05) is 11.2 Å². The smallest absolute Gasteiger partial charge is 0.270 e. The van der Waals surface area contributed by atoms with Crippen molar-refractivity contribution in [2.45, 2.75) is 16.7 Å². The van der Waals surface area contributed by atoms with Crippen LogP contribution in [0.2, 0.25) is 0 Å². The largest absolute Gasteiger partial charge is 0.383 e. The number of nitrogens with two attached hydrogens (primary N) is 1. The van der Waals surface area contributed by atoms with Gasteiger partial charge in [-0.15, -0.1) is 11.3 Å². The van der Waals surface area contributed by atoms with E-state index in [1.807, 2.05) is 31.2 Å². The Hall–Kier alpha value is -2.91. The zero-order valence-electron chi connectivity index (χ0n) is 13.7. The first-order valence-corrected chi connectivity index (χ1v) is 9.24. The summed E-state index contributed by atoms with van der Waals surface area (Å²) in [7, 11) is 0. The van der Waals surface area contributed by atoms with Crippen molar-refractivity contribution in [3.8, 4) is 0 Å². The lowest BCUT2D eigenvalue weighted by Gasteiger charge is -2.06. The van der Waals surface area contributed by atoms with E-state index in [1.165, 1.54) is 40.8 Å². The maximum atomic E-state index is 11.1. The van der Waals surface area contributed by atoms with Gasteiger partial charge in [-0.3, -0.25) is 15.5 Å². The molecule has 0 amide bonds. The highest BCUT2D eigenvalue weighted by Crippen LogP contribution is 2.32. The van der Waals surface area contributed by atoms with Crippen molar-refractivity contribution < 1.29 is 4.92 Å². The molecule has 0 unspecified atom stereocenters. The van der Waals surface area contributed by atoms with Gasteiger partial charge < -0.3 is 5.73 Å². The maximum absolute atomic E-state index is 11.1. The molecule has 0 radical (unpaired) electrons. The highest BCUT2D eigenvalue weighted by molar-refractivity contribution is 7.99. The van der Waals surface area contributed by atoms with Gasteiger partial charge >= 0.3 is 0 Å². The quantitative estimate of drug-likeness (QED) is 0.366. The van der Waals surface area contributed by atoms with Gasteiger partial charge in [-0.05, 0) is 25.1 Å². The molecule has 3 N–H and O–H groups in total. The van der Waals surface area contributed by atoms with Crippen LogP contribution in [0.5, 0.6) is 0 Å². The molecule has 2 aromatic carbocycles. The second-order valence-corrected chi connectivity index (χ2v) is 7.32. The monoisotopic (exact) mass is 385 g/mol.